The van der Waals surface area contributed by atoms with E-state index in [9.17, 15) is 9.18 Å². The zero-order chi connectivity index (χ0) is 17.1. The van der Waals surface area contributed by atoms with E-state index in [1.807, 2.05) is 13.8 Å². The lowest BCUT2D eigenvalue weighted by Gasteiger charge is -2.15. The van der Waals surface area contributed by atoms with E-state index in [1.54, 1.807) is 12.3 Å². The third-order valence-electron chi connectivity index (χ3n) is 3.63. The van der Waals surface area contributed by atoms with Crippen LogP contribution in [-0.2, 0) is 4.74 Å². The van der Waals surface area contributed by atoms with Crippen LogP contribution in [0.2, 0.25) is 0 Å². The Morgan fingerprint density at radius 1 is 1.42 bits per heavy atom. The average molecular weight is 349 g/mol. The lowest BCUT2D eigenvalue weighted by atomic mass is 10.2. The van der Waals surface area contributed by atoms with Gasteiger partial charge in [0.25, 0.3) is 5.91 Å². The highest BCUT2D eigenvalue weighted by atomic mass is 32.1. The summed E-state index contributed by atoms with van der Waals surface area (Å²) in [7, 11) is 0. The van der Waals surface area contributed by atoms with Crippen molar-refractivity contribution in [1.82, 2.24) is 4.98 Å². The largest absolute Gasteiger partial charge is 0.381 e. The monoisotopic (exact) mass is 349 g/mol. The van der Waals surface area contributed by atoms with Gasteiger partial charge in [0.2, 0.25) is 0 Å². The molecule has 24 heavy (non-hydrogen) atoms. The molecule has 1 atom stereocenters. The number of aromatic nitrogens is 1. The van der Waals surface area contributed by atoms with Gasteiger partial charge in [-0.15, -0.1) is 11.3 Å². The smallest absolute Gasteiger partial charge is 0.267 e. The van der Waals surface area contributed by atoms with Gasteiger partial charge in [-0.1, -0.05) is 0 Å². The van der Waals surface area contributed by atoms with Gasteiger partial charge in [0.1, 0.15) is 21.8 Å². The van der Waals surface area contributed by atoms with E-state index in [-0.39, 0.29) is 23.9 Å². The van der Waals surface area contributed by atoms with Gasteiger partial charge in [0.05, 0.1) is 17.6 Å². The Morgan fingerprint density at radius 2 is 2.25 bits per heavy atom. The van der Waals surface area contributed by atoms with Crippen LogP contribution in [0.15, 0.2) is 24.4 Å². The summed E-state index contributed by atoms with van der Waals surface area (Å²) in [6.07, 6.45) is 3.52. The first-order chi connectivity index (χ1) is 11.5. The van der Waals surface area contributed by atoms with E-state index >= 15 is 0 Å². The Labute approximate surface area is 144 Å². The number of hydrogen-bond donors (Lipinski definition) is 2. The third-order valence-corrected chi connectivity index (χ3v) is 4.71. The summed E-state index contributed by atoms with van der Waals surface area (Å²) in [4.78, 5) is 17.3. The maximum absolute atomic E-state index is 13.5. The molecule has 2 heterocycles. The Kier molecular flexibility index (Phi) is 5.11. The number of halogens is 1. The van der Waals surface area contributed by atoms with Crippen molar-refractivity contribution in [3.63, 3.8) is 0 Å². The van der Waals surface area contributed by atoms with E-state index in [0.717, 1.165) is 24.5 Å². The number of carbonyl (C=O) groups excluding carboxylic acids is 1. The summed E-state index contributed by atoms with van der Waals surface area (Å²) in [6, 6.07) is 4.38. The number of anilines is 2. The summed E-state index contributed by atoms with van der Waals surface area (Å²) in [5, 5.41) is 6.79. The molecule has 5 nitrogen and oxygen atoms in total. The first kappa shape index (κ1) is 16.9. The Hall–Kier alpha value is -1.99. The molecule has 2 N–H and O–H groups in total. The van der Waals surface area contributed by atoms with E-state index in [2.05, 4.69) is 15.6 Å². The summed E-state index contributed by atoms with van der Waals surface area (Å²) in [5.41, 5.74) is 1.10. The number of ether oxygens (including phenoxy) is 1. The molecule has 3 rings (SSSR count). The molecule has 7 heteroatoms. The normalized spacial score (nSPS) is 17.2. The van der Waals surface area contributed by atoms with Crippen molar-refractivity contribution < 1.29 is 13.9 Å². The molecular formula is C17H20FN3O2S. The van der Waals surface area contributed by atoms with Gasteiger partial charge in [-0.2, -0.15) is 0 Å². The molecule has 0 spiro atoms. The Balaban J connectivity index is 1.75. The minimum Gasteiger partial charge on any atom is -0.381 e. The molecule has 0 aliphatic carbocycles. The van der Waals surface area contributed by atoms with Crippen molar-refractivity contribution in [2.45, 2.75) is 38.8 Å². The molecule has 128 valence electrons. The number of thiazole rings is 1. The standard InChI is InChI=1S/C17H20FN3O2S/c1-10(2)20-13-8-11(18)5-6-12(13)21-16(22)15-9-19-17(24-15)14-4-3-7-23-14/h5-6,8-10,14,20H,3-4,7H2,1-2H3,(H,21,22)/t14-/m0/s1. The number of amides is 1. The van der Waals surface area contributed by atoms with Crippen LogP contribution in [0.3, 0.4) is 0 Å². The summed E-state index contributed by atoms with van der Waals surface area (Å²) in [6.45, 7) is 4.65. The van der Waals surface area contributed by atoms with Crippen LogP contribution in [0.5, 0.6) is 0 Å². The van der Waals surface area contributed by atoms with Crippen molar-refractivity contribution in [3.8, 4) is 0 Å². The summed E-state index contributed by atoms with van der Waals surface area (Å²) >= 11 is 1.34. The zero-order valence-corrected chi connectivity index (χ0v) is 14.5. The summed E-state index contributed by atoms with van der Waals surface area (Å²) < 4.78 is 19.1. The number of nitrogens with zero attached hydrogens (tertiary/aromatic N) is 1. The molecule has 1 amide bonds. The zero-order valence-electron chi connectivity index (χ0n) is 13.6. The second-order valence-electron chi connectivity index (χ2n) is 6.01. The Morgan fingerprint density at radius 3 is 2.96 bits per heavy atom. The average Bonchev–Trinajstić information content (AvgIpc) is 3.19. The number of benzene rings is 1. The van der Waals surface area contributed by atoms with Crippen LogP contribution < -0.4 is 10.6 Å². The van der Waals surface area contributed by atoms with Crippen LogP contribution in [0.1, 0.15) is 47.5 Å². The third kappa shape index (κ3) is 3.91. The lowest BCUT2D eigenvalue weighted by Crippen LogP contribution is -2.15. The maximum Gasteiger partial charge on any atom is 0.267 e. The molecule has 1 aliphatic rings. The first-order valence-corrected chi connectivity index (χ1v) is 8.79. The van der Waals surface area contributed by atoms with Crippen molar-refractivity contribution in [3.05, 3.63) is 40.1 Å². The Bertz CT molecular complexity index is 726. The van der Waals surface area contributed by atoms with Gasteiger partial charge in [-0.3, -0.25) is 4.79 Å². The number of carbonyl (C=O) groups is 1. The molecule has 0 radical (unpaired) electrons. The van der Waals surface area contributed by atoms with Gasteiger partial charge in [0.15, 0.2) is 0 Å². The van der Waals surface area contributed by atoms with Gasteiger partial charge in [-0.05, 0) is 44.9 Å². The minimum absolute atomic E-state index is 0.000500. The second-order valence-corrected chi connectivity index (χ2v) is 7.07. The van der Waals surface area contributed by atoms with Crippen LogP contribution >= 0.6 is 11.3 Å². The van der Waals surface area contributed by atoms with Crippen LogP contribution in [0.25, 0.3) is 0 Å². The van der Waals surface area contributed by atoms with Gasteiger partial charge < -0.3 is 15.4 Å². The fraction of sp³-hybridized carbons (Fsp3) is 0.412. The van der Waals surface area contributed by atoms with Crippen molar-refractivity contribution in [2.75, 3.05) is 17.2 Å². The van der Waals surface area contributed by atoms with Gasteiger partial charge >= 0.3 is 0 Å². The predicted molar refractivity (Wildman–Crippen MR) is 93.2 cm³/mol. The molecule has 1 aromatic heterocycles. The van der Waals surface area contributed by atoms with E-state index in [0.29, 0.717) is 16.3 Å². The van der Waals surface area contributed by atoms with E-state index in [4.69, 9.17) is 4.74 Å². The molecular weight excluding hydrogens is 329 g/mol. The first-order valence-electron chi connectivity index (χ1n) is 7.97. The summed E-state index contributed by atoms with van der Waals surface area (Å²) in [5.74, 6) is -0.607. The number of hydrogen-bond acceptors (Lipinski definition) is 5. The lowest BCUT2D eigenvalue weighted by molar-refractivity contribution is 0.103. The predicted octanol–water partition coefficient (Wildman–Crippen LogP) is 4.21. The van der Waals surface area contributed by atoms with Crippen molar-refractivity contribution >= 4 is 28.6 Å². The quantitative estimate of drug-likeness (QED) is 0.849. The fourth-order valence-electron chi connectivity index (χ4n) is 2.55. The molecule has 0 unspecified atom stereocenters. The van der Waals surface area contributed by atoms with Crippen molar-refractivity contribution in [2.24, 2.45) is 0 Å². The number of nitrogens with one attached hydrogen (secondary N) is 2. The van der Waals surface area contributed by atoms with E-state index in [1.165, 1.54) is 23.5 Å². The second kappa shape index (κ2) is 7.27. The SMILES string of the molecule is CC(C)Nc1cc(F)ccc1NC(=O)c1cnc([C@@H]2CCCO2)s1. The topological polar surface area (TPSA) is 63.2 Å². The molecule has 1 aliphatic heterocycles. The van der Waals surface area contributed by atoms with Crippen LogP contribution in [0.4, 0.5) is 15.8 Å². The molecule has 0 saturated carbocycles. The molecule has 1 saturated heterocycles. The minimum atomic E-state index is -0.352. The number of rotatable bonds is 5. The fourth-order valence-corrected chi connectivity index (χ4v) is 3.45. The maximum atomic E-state index is 13.5. The highest BCUT2D eigenvalue weighted by molar-refractivity contribution is 7.13. The molecule has 1 fully saturated rings. The highest BCUT2D eigenvalue weighted by Crippen LogP contribution is 2.32. The van der Waals surface area contributed by atoms with Crippen molar-refractivity contribution in [1.29, 1.82) is 0 Å². The molecule has 1 aromatic carbocycles. The van der Waals surface area contributed by atoms with Crippen LogP contribution in [0, 0.1) is 5.82 Å². The van der Waals surface area contributed by atoms with Gasteiger partial charge in [-0.25, -0.2) is 9.37 Å². The van der Waals surface area contributed by atoms with Crippen LogP contribution in [-0.4, -0.2) is 23.5 Å². The molecule has 2 aromatic rings. The van der Waals surface area contributed by atoms with E-state index < -0.39 is 0 Å². The highest BCUT2D eigenvalue weighted by Gasteiger charge is 2.22. The molecule has 0 bridgehead atoms. The van der Waals surface area contributed by atoms with Gasteiger partial charge in [0, 0.05) is 12.6 Å².